The molecule has 2 aromatic carbocycles. The Morgan fingerprint density at radius 1 is 1.20 bits per heavy atom. The fourth-order valence-corrected chi connectivity index (χ4v) is 7.26. The molecule has 10 heteroatoms. The lowest BCUT2D eigenvalue weighted by molar-refractivity contribution is -0.143. The lowest BCUT2D eigenvalue weighted by Gasteiger charge is -2.25. The van der Waals surface area contributed by atoms with Gasteiger partial charge in [-0.1, -0.05) is 35.1 Å². The lowest BCUT2D eigenvalue weighted by Crippen LogP contribution is -2.40. The number of thiazole rings is 1. The molecule has 0 saturated heterocycles. The number of halogens is 3. The van der Waals surface area contributed by atoms with E-state index in [4.69, 9.17) is 21.1 Å². The third-order valence-electron chi connectivity index (χ3n) is 5.29. The van der Waals surface area contributed by atoms with Gasteiger partial charge in [-0.2, -0.15) is 0 Å². The molecule has 0 N–H and O–H groups in total. The van der Waals surface area contributed by atoms with Crippen LogP contribution in [0.2, 0.25) is 5.02 Å². The Morgan fingerprint density at radius 3 is 2.40 bits per heavy atom. The van der Waals surface area contributed by atoms with Crippen LogP contribution in [0.25, 0.3) is 6.08 Å². The standard InChI is InChI=1S/C25H21ClI2N2O4S/c1-12(2)34-24(32)20-13(3)29-25-30(21(20)15-5-7-16(26)8-6-15)23(31)19(35-25)11-14-9-17(27)22(33-4)18(28)10-14/h5-12,21H,1-4H3/b19-11-. The van der Waals surface area contributed by atoms with Gasteiger partial charge in [0.15, 0.2) is 4.80 Å². The molecule has 0 bridgehead atoms. The van der Waals surface area contributed by atoms with E-state index in [0.717, 1.165) is 24.0 Å². The maximum atomic E-state index is 13.7. The number of hydrogen-bond donors (Lipinski definition) is 0. The highest BCUT2D eigenvalue weighted by molar-refractivity contribution is 14.1. The summed E-state index contributed by atoms with van der Waals surface area (Å²) < 4.78 is 15.0. The maximum absolute atomic E-state index is 13.7. The number of esters is 1. The van der Waals surface area contributed by atoms with E-state index in [0.29, 0.717) is 25.6 Å². The molecule has 6 nitrogen and oxygen atoms in total. The number of nitrogens with zero attached hydrogens (tertiary/aromatic N) is 2. The number of benzene rings is 2. The van der Waals surface area contributed by atoms with Crippen molar-refractivity contribution in [2.75, 3.05) is 7.11 Å². The Kier molecular flexibility index (Phi) is 8.08. The summed E-state index contributed by atoms with van der Waals surface area (Å²) in [5.74, 6) is 0.311. The normalized spacial score (nSPS) is 15.8. The maximum Gasteiger partial charge on any atom is 0.338 e. The smallest absolute Gasteiger partial charge is 0.338 e. The van der Waals surface area contributed by atoms with Gasteiger partial charge in [0.2, 0.25) is 0 Å². The molecule has 1 atom stereocenters. The van der Waals surface area contributed by atoms with Crippen LogP contribution in [0.1, 0.15) is 37.9 Å². The Labute approximate surface area is 238 Å². The Morgan fingerprint density at radius 2 is 1.83 bits per heavy atom. The molecule has 35 heavy (non-hydrogen) atoms. The fraction of sp³-hybridized carbons (Fsp3) is 0.240. The summed E-state index contributed by atoms with van der Waals surface area (Å²) in [7, 11) is 1.64. The van der Waals surface area contributed by atoms with Crippen molar-refractivity contribution < 1.29 is 14.3 Å². The van der Waals surface area contributed by atoms with Gasteiger partial charge in [-0.25, -0.2) is 9.79 Å². The number of rotatable bonds is 5. The minimum Gasteiger partial charge on any atom is -0.495 e. The van der Waals surface area contributed by atoms with Crippen LogP contribution in [-0.2, 0) is 9.53 Å². The van der Waals surface area contributed by atoms with E-state index >= 15 is 0 Å². The molecule has 1 aliphatic heterocycles. The van der Waals surface area contributed by atoms with E-state index in [1.54, 1.807) is 44.6 Å². The van der Waals surface area contributed by atoms with Crippen molar-refractivity contribution >= 4 is 80.2 Å². The summed E-state index contributed by atoms with van der Waals surface area (Å²) in [4.78, 5) is 32.0. The van der Waals surface area contributed by atoms with Crippen molar-refractivity contribution in [3.05, 3.63) is 90.6 Å². The molecule has 0 saturated carbocycles. The minimum absolute atomic E-state index is 0.225. The average molecular weight is 735 g/mol. The molecule has 3 aromatic rings. The van der Waals surface area contributed by atoms with E-state index in [2.05, 4.69) is 50.2 Å². The molecule has 2 heterocycles. The summed E-state index contributed by atoms with van der Waals surface area (Å²) in [6.45, 7) is 5.35. The molecule has 0 aliphatic carbocycles. The second kappa shape index (κ2) is 10.7. The summed E-state index contributed by atoms with van der Waals surface area (Å²) >= 11 is 11.8. The van der Waals surface area contributed by atoms with Gasteiger partial charge in [0.25, 0.3) is 5.56 Å². The SMILES string of the molecule is COc1c(I)cc(/C=c2\sc3n(c2=O)C(c2ccc(Cl)cc2)C(C(=O)OC(C)C)=C(C)N=3)cc1I. The first kappa shape index (κ1) is 26.4. The molecule has 1 aliphatic rings. The molecule has 182 valence electrons. The zero-order valence-corrected chi connectivity index (χ0v) is 25.2. The highest BCUT2D eigenvalue weighted by atomic mass is 127. The molecule has 0 amide bonds. The Balaban J connectivity index is 1.93. The van der Waals surface area contributed by atoms with Crippen molar-refractivity contribution in [2.45, 2.75) is 32.9 Å². The summed E-state index contributed by atoms with van der Waals surface area (Å²) in [6, 6.07) is 10.4. The minimum atomic E-state index is -0.673. The lowest BCUT2D eigenvalue weighted by atomic mass is 9.96. The number of carbonyl (C=O) groups is 1. The highest BCUT2D eigenvalue weighted by Gasteiger charge is 2.33. The van der Waals surface area contributed by atoms with Crippen LogP contribution < -0.4 is 19.6 Å². The highest BCUT2D eigenvalue weighted by Crippen LogP contribution is 2.32. The van der Waals surface area contributed by atoms with Crippen molar-refractivity contribution in [1.82, 2.24) is 4.57 Å². The fourth-order valence-electron chi connectivity index (χ4n) is 3.83. The first-order chi connectivity index (χ1) is 16.6. The zero-order chi connectivity index (χ0) is 25.4. The van der Waals surface area contributed by atoms with Crippen LogP contribution in [0.15, 0.2) is 57.5 Å². The predicted molar refractivity (Wildman–Crippen MR) is 155 cm³/mol. The quantitative estimate of drug-likeness (QED) is 0.272. The number of allylic oxidation sites excluding steroid dienone is 1. The molecule has 0 radical (unpaired) electrons. The number of aromatic nitrogens is 1. The van der Waals surface area contributed by atoms with Crippen molar-refractivity contribution in [1.29, 1.82) is 0 Å². The molecule has 0 fully saturated rings. The van der Waals surface area contributed by atoms with Crippen LogP contribution in [-0.4, -0.2) is 23.8 Å². The number of carbonyl (C=O) groups excluding carboxylic acids is 1. The monoisotopic (exact) mass is 734 g/mol. The zero-order valence-electron chi connectivity index (χ0n) is 19.3. The van der Waals surface area contributed by atoms with Gasteiger partial charge in [0, 0.05) is 5.02 Å². The van der Waals surface area contributed by atoms with Crippen molar-refractivity contribution in [3.63, 3.8) is 0 Å². The van der Waals surface area contributed by atoms with Gasteiger partial charge < -0.3 is 9.47 Å². The first-order valence-corrected chi connectivity index (χ1v) is 14.0. The molecule has 1 unspecified atom stereocenters. The van der Waals surface area contributed by atoms with Crippen molar-refractivity contribution in [2.24, 2.45) is 4.99 Å². The third kappa shape index (κ3) is 5.37. The topological polar surface area (TPSA) is 69.9 Å². The summed E-state index contributed by atoms with van der Waals surface area (Å²) in [5, 5.41) is 0.567. The van der Waals surface area contributed by atoms with Crippen LogP contribution in [0.3, 0.4) is 0 Å². The second-order valence-corrected chi connectivity index (χ2v) is 11.9. The van der Waals surface area contributed by atoms with E-state index in [1.807, 2.05) is 30.3 Å². The molecule has 1 aromatic heterocycles. The van der Waals surface area contributed by atoms with E-state index in [1.165, 1.54) is 11.3 Å². The van der Waals surface area contributed by atoms with Crippen LogP contribution in [0.4, 0.5) is 0 Å². The second-order valence-electron chi connectivity index (χ2n) is 8.11. The largest absolute Gasteiger partial charge is 0.495 e. The summed E-state index contributed by atoms with van der Waals surface area (Å²) in [5.41, 5.74) is 2.27. The van der Waals surface area contributed by atoms with Crippen LogP contribution >= 0.6 is 68.1 Å². The third-order valence-corrected chi connectivity index (χ3v) is 8.13. The summed E-state index contributed by atoms with van der Waals surface area (Å²) in [6.07, 6.45) is 1.54. The Hall–Kier alpha value is -1.70. The van der Waals surface area contributed by atoms with E-state index in [9.17, 15) is 9.59 Å². The van der Waals surface area contributed by atoms with Gasteiger partial charge in [0.1, 0.15) is 5.75 Å². The molecular formula is C25H21ClI2N2O4S. The van der Waals surface area contributed by atoms with Crippen molar-refractivity contribution in [3.8, 4) is 5.75 Å². The first-order valence-electron chi connectivity index (χ1n) is 10.6. The molecular weight excluding hydrogens is 714 g/mol. The number of hydrogen-bond acceptors (Lipinski definition) is 6. The van der Waals surface area contributed by atoms with E-state index in [-0.39, 0.29) is 11.7 Å². The number of methoxy groups -OCH3 is 1. The van der Waals surface area contributed by atoms with Gasteiger partial charge in [-0.15, -0.1) is 0 Å². The van der Waals surface area contributed by atoms with Gasteiger partial charge in [-0.05, 0) is 107 Å². The average Bonchev–Trinajstić information content (AvgIpc) is 3.07. The number of fused-ring (bicyclic) bond motifs is 1. The molecule has 4 rings (SSSR count). The van der Waals surface area contributed by atoms with E-state index < -0.39 is 12.0 Å². The predicted octanol–water partition coefficient (Wildman–Crippen LogP) is 5.06. The van der Waals surface area contributed by atoms with Gasteiger partial charge in [0.05, 0.1) is 42.2 Å². The Bertz CT molecular complexity index is 1500. The van der Waals surface area contributed by atoms with Crippen LogP contribution in [0, 0.1) is 7.14 Å². The van der Waals surface area contributed by atoms with Gasteiger partial charge in [-0.3, -0.25) is 9.36 Å². The molecule has 0 spiro atoms. The van der Waals surface area contributed by atoms with Crippen LogP contribution in [0.5, 0.6) is 5.75 Å². The number of ether oxygens (including phenoxy) is 2. The van der Waals surface area contributed by atoms with Gasteiger partial charge >= 0.3 is 5.97 Å².